The molecule has 5 nitrogen and oxygen atoms in total. The molecule has 1 aliphatic rings. The third kappa shape index (κ3) is 2.57. The van der Waals surface area contributed by atoms with Crippen LogP contribution in [0, 0.1) is 0 Å². The van der Waals surface area contributed by atoms with Gasteiger partial charge in [-0.25, -0.2) is 9.89 Å². The van der Waals surface area contributed by atoms with Crippen LogP contribution in [-0.4, -0.2) is 33.1 Å². The SMILES string of the molecule is CNC1CCCC1Sc1n[nH]c(=O)n1C(C)C. The first-order valence-electron chi connectivity index (χ1n) is 6.14. The van der Waals surface area contributed by atoms with E-state index in [0.29, 0.717) is 11.3 Å². The Morgan fingerprint density at radius 3 is 2.94 bits per heavy atom. The summed E-state index contributed by atoms with van der Waals surface area (Å²) in [4.78, 5) is 11.6. The molecule has 17 heavy (non-hydrogen) atoms. The number of aromatic amines is 1. The quantitative estimate of drug-likeness (QED) is 0.854. The Balaban J connectivity index is 2.16. The second-order valence-electron chi connectivity index (χ2n) is 4.76. The van der Waals surface area contributed by atoms with Gasteiger partial charge >= 0.3 is 5.69 Å². The summed E-state index contributed by atoms with van der Waals surface area (Å²) in [5.41, 5.74) is -0.110. The summed E-state index contributed by atoms with van der Waals surface area (Å²) in [5, 5.41) is 11.4. The minimum atomic E-state index is -0.110. The molecule has 96 valence electrons. The first kappa shape index (κ1) is 12.7. The molecule has 1 saturated carbocycles. The Bertz CT molecular complexity index is 425. The van der Waals surface area contributed by atoms with Gasteiger partial charge in [0.05, 0.1) is 0 Å². The van der Waals surface area contributed by atoms with Crippen LogP contribution < -0.4 is 11.0 Å². The number of hydrogen-bond donors (Lipinski definition) is 2. The van der Waals surface area contributed by atoms with E-state index in [0.717, 1.165) is 5.16 Å². The summed E-state index contributed by atoms with van der Waals surface area (Å²) in [6, 6.07) is 0.686. The van der Waals surface area contributed by atoms with Crippen molar-refractivity contribution in [2.24, 2.45) is 0 Å². The molecule has 2 atom stereocenters. The Hall–Kier alpha value is -0.750. The van der Waals surface area contributed by atoms with Crippen molar-refractivity contribution in [2.45, 2.75) is 55.6 Å². The summed E-state index contributed by atoms with van der Waals surface area (Å²) >= 11 is 1.72. The van der Waals surface area contributed by atoms with Crippen LogP contribution in [0.2, 0.25) is 0 Å². The van der Waals surface area contributed by atoms with Gasteiger partial charge in [-0.1, -0.05) is 18.2 Å². The Morgan fingerprint density at radius 2 is 2.29 bits per heavy atom. The van der Waals surface area contributed by atoms with Crippen molar-refractivity contribution in [2.75, 3.05) is 7.05 Å². The van der Waals surface area contributed by atoms with Gasteiger partial charge in [-0.2, -0.15) is 0 Å². The minimum Gasteiger partial charge on any atom is -0.316 e. The van der Waals surface area contributed by atoms with E-state index in [2.05, 4.69) is 15.5 Å². The second-order valence-corrected chi connectivity index (χ2v) is 5.96. The minimum absolute atomic E-state index is 0.110. The lowest BCUT2D eigenvalue weighted by atomic mass is 10.2. The van der Waals surface area contributed by atoms with E-state index >= 15 is 0 Å². The Kier molecular flexibility index (Phi) is 3.93. The first-order chi connectivity index (χ1) is 8.13. The fourth-order valence-electron chi connectivity index (χ4n) is 2.36. The maximum Gasteiger partial charge on any atom is 0.344 e. The highest BCUT2D eigenvalue weighted by Crippen LogP contribution is 2.34. The highest BCUT2D eigenvalue weighted by atomic mass is 32.2. The van der Waals surface area contributed by atoms with E-state index in [9.17, 15) is 4.79 Å². The third-order valence-corrected chi connectivity index (χ3v) is 4.63. The number of nitrogens with one attached hydrogen (secondary N) is 2. The zero-order valence-corrected chi connectivity index (χ0v) is 11.4. The molecule has 0 bridgehead atoms. The summed E-state index contributed by atoms with van der Waals surface area (Å²) in [5.74, 6) is 0. The molecule has 0 amide bonds. The van der Waals surface area contributed by atoms with Crippen molar-refractivity contribution in [3.63, 3.8) is 0 Å². The standard InChI is InChI=1S/C11H20N4OS/c1-7(2)15-10(16)13-14-11(15)17-9-6-4-5-8(9)12-3/h7-9,12H,4-6H2,1-3H3,(H,13,16). The lowest BCUT2D eigenvalue weighted by Gasteiger charge is -2.18. The zero-order valence-electron chi connectivity index (χ0n) is 10.6. The molecule has 2 rings (SSSR count). The smallest absolute Gasteiger partial charge is 0.316 e. The Morgan fingerprint density at radius 1 is 1.53 bits per heavy atom. The molecule has 1 fully saturated rings. The fraction of sp³-hybridized carbons (Fsp3) is 0.818. The van der Waals surface area contributed by atoms with Crippen molar-refractivity contribution >= 4 is 11.8 Å². The maximum atomic E-state index is 11.6. The summed E-state index contributed by atoms with van der Waals surface area (Å²) in [7, 11) is 2.00. The van der Waals surface area contributed by atoms with Crippen LogP contribution in [0.4, 0.5) is 0 Å². The number of H-pyrrole nitrogens is 1. The van der Waals surface area contributed by atoms with E-state index in [-0.39, 0.29) is 11.7 Å². The van der Waals surface area contributed by atoms with E-state index in [4.69, 9.17) is 0 Å². The molecule has 2 N–H and O–H groups in total. The number of hydrogen-bond acceptors (Lipinski definition) is 4. The molecule has 1 aromatic rings. The zero-order chi connectivity index (χ0) is 12.4. The van der Waals surface area contributed by atoms with Crippen LogP contribution >= 0.6 is 11.8 Å². The summed E-state index contributed by atoms with van der Waals surface area (Å²) in [6.45, 7) is 4.01. The van der Waals surface area contributed by atoms with Crippen LogP contribution in [0.5, 0.6) is 0 Å². The molecular weight excluding hydrogens is 236 g/mol. The molecule has 2 unspecified atom stereocenters. The molecule has 0 spiro atoms. The molecule has 0 aromatic carbocycles. The molecule has 1 aromatic heterocycles. The fourth-order valence-corrected chi connectivity index (χ4v) is 3.86. The van der Waals surface area contributed by atoms with Crippen LogP contribution in [0.25, 0.3) is 0 Å². The predicted molar refractivity (Wildman–Crippen MR) is 69.6 cm³/mol. The van der Waals surface area contributed by atoms with Crippen molar-refractivity contribution in [3.05, 3.63) is 10.5 Å². The van der Waals surface area contributed by atoms with Crippen LogP contribution in [0.15, 0.2) is 9.95 Å². The lowest BCUT2D eigenvalue weighted by molar-refractivity contribution is 0.530. The van der Waals surface area contributed by atoms with Crippen LogP contribution in [0.3, 0.4) is 0 Å². The summed E-state index contributed by atoms with van der Waals surface area (Å²) in [6.07, 6.45) is 3.65. The molecule has 1 heterocycles. The molecule has 6 heteroatoms. The average Bonchev–Trinajstić information content (AvgIpc) is 2.86. The summed E-state index contributed by atoms with van der Waals surface area (Å²) < 4.78 is 1.73. The number of rotatable bonds is 4. The topological polar surface area (TPSA) is 62.7 Å². The van der Waals surface area contributed by atoms with E-state index in [1.54, 1.807) is 16.3 Å². The van der Waals surface area contributed by atoms with Crippen LogP contribution in [-0.2, 0) is 0 Å². The van der Waals surface area contributed by atoms with Gasteiger partial charge in [-0.15, -0.1) is 5.10 Å². The second kappa shape index (κ2) is 5.27. The van der Waals surface area contributed by atoms with Crippen molar-refractivity contribution in [1.82, 2.24) is 20.1 Å². The van der Waals surface area contributed by atoms with Crippen molar-refractivity contribution in [3.8, 4) is 0 Å². The number of aromatic nitrogens is 3. The monoisotopic (exact) mass is 256 g/mol. The number of thioether (sulfide) groups is 1. The Labute approximate surface area is 105 Å². The van der Waals surface area contributed by atoms with E-state index in [1.807, 2.05) is 20.9 Å². The van der Waals surface area contributed by atoms with Crippen LogP contribution in [0.1, 0.15) is 39.2 Å². The van der Waals surface area contributed by atoms with Gasteiger partial charge in [0.1, 0.15) is 0 Å². The van der Waals surface area contributed by atoms with Gasteiger partial charge in [0.25, 0.3) is 0 Å². The van der Waals surface area contributed by atoms with Crippen molar-refractivity contribution in [1.29, 1.82) is 0 Å². The van der Waals surface area contributed by atoms with Gasteiger partial charge in [-0.3, -0.25) is 4.57 Å². The highest BCUT2D eigenvalue weighted by Gasteiger charge is 2.28. The molecule has 0 saturated heterocycles. The predicted octanol–water partition coefficient (Wildman–Crippen LogP) is 1.38. The van der Waals surface area contributed by atoms with Gasteiger partial charge in [0, 0.05) is 17.3 Å². The first-order valence-corrected chi connectivity index (χ1v) is 7.02. The largest absolute Gasteiger partial charge is 0.344 e. The highest BCUT2D eigenvalue weighted by molar-refractivity contribution is 7.99. The van der Waals surface area contributed by atoms with E-state index in [1.165, 1.54) is 19.3 Å². The maximum absolute atomic E-state index is 11.6. The normalized spacial score (nSPS) is 24.7. The molecule has 0 radical (unpaired) electrons. The van der Waals surface area contributed by atoms with Crippen molar-refractivity contribution < 1.29 is 0 Å². The third-order valence-electron chi connectivity index (χ3n) is 3.27. The van der Waals surface area contributed by atoms with E-state index < -0.39 is 0 Å². The lowest BCUT2D eigenvalue weighted by Crippen LogP contribution is -2.31. The number of nitrogens with zero attached hydrogens (tertiary/aromatic N) is 2. The molecular formula is C11H20N4OS. The van der Waals surface area contributed by atoms with Gasteiger partial charge < -0.3 is 5.32 Å². The van der Waals surface area contributed by atoms with Gasteiger partial charge in [0.15, 0.2) is 5.16 Å². The molecule has 0 aliphatic heterocycles. The van der Waals surface area contributed by atoms with Gasteiger partial charge in [-0.05, 0) is 33.7 Å². The average molecular weight is 256 g/mol. The van der Waals surface area contributed by atoms with Gasteiger partial charge in [0.2, 0.25) is 0 Å². The molecule has 1 aliphatic carbocycles.